The van der Waals surface area contributed by atoms with Crippen molar-refractivity contribution in [1.29, 1.82) is 0 Å². The minimum Gasteiger partial charge on any atom is -0.468 e. The predicted molar refractivity (Wildman–Crippen MR) is 63.1 cm³/mol. The van der Waals surface area contributed by atoms with E-state index >= 15 is 0 Å². The highest BCUT2D eigenvalue weighted by atomic mass is 16.5. The SMILES string of the molecule is COC(=O)[C@H]1NCCC[C@H]1C1CCCCC1. The molecular formula is C13H23NO2. The zero-order chi connectivity index (χ0) is 11.4. The van der Waals surface area contributed by atoms with Gasteiger partial charge in [0.05, 0.1) is 7.11 Å². The monoisotopic (exact) mass is 225 g/mol. The molecule has 1 saturated heterocycles. The fourth-order valence-electron chi connectivity index (χ4n) is 3.37. The predicted octanol–water partition coefficient (Wildman–Crippen LogP) is 2.11. The lowest BCUT2D eigenvalue weighted by atomic mass is 9.73. The fourth-order valence-corrected chi connectivity index (χ4v) is 3.37. The number of rotatable bonds is 2. The van der Waals surface area contributed by atoms with Gasteiger partial charge in [-0.05, 0) is 31.2 Å². The zero-order valence-electron chi connectivity index (χ0n) is 10.2. The molecule has 1 heterocycles. The van der Waals surface area contributed by atoms with Crippen LogP contribution in [0, 0.1) is 11.8 Å². The number of piperidine rings is 1. The van der Waals surface area contributed by atoms with Crippen LogP contribution in [0.2, 0.25) is 0 Å². The largest absolute Gasteiger partial charge is 0.468 e. The van der Waals surface area contributed by atoms with Crippen LogP contribution in [0.1, 0.15) is 44.9 Å². The van der Waals surface area contributed by atoms with Crippen molar-refractivity contribution in [2.75, 3.05) is 13.7 Å². The van der Waals surface area contributed by atoms with Crippen LogP contribution in [0.3, 0.4) is 0 Å². The molecule has 0 aromatic heterocycles. The molecule has 0 aromatic carbocycles. The summed E-state index contributed by atoms with van der Waals surface area (Å²) < 4.78 is 4.91. The molecule has 0 spiro atoms. The smallest absolute Gasteiger partial charge is 0.323 e. The Kier molecular flexibility index (Phi) is 4.22. The lowest BCUT2D eigenvalue weighted by molar-refractivity contribution is -0.146. The van der Waals surface area contributed by atoms with Gasteiger partial charge in [0.2, 0.25) is 0 Å². The normalized spacial score (nSPS) is 32.3. The van der Waals surface area contributed by atoms with Crippen LogP contribution in [-0.4, -0.2) is 25.7 Å². The number of carbonyl (C=O) groups excluding carboxylic acids is 1. The summed E-state index contributed by atoms with van der Waals surface area (Å²) in [6.45, 7) is 0.961. The van der Waals surface area contributed by atoms with E-state index in [9.17, 15) is 4.79 Å². The van der Waals surface area contributed by atoms with Crippen molar-refractivity contribution in [1.82, 2.24) is 5.32 Å². The molecule has 3 heteroatoms. The number of carbonyl (C=O) groups is 1. The summed E-state index contributed by atoms with van der Waals surface area (Å²) in [7, 11) is 1.50. The summed E-state index contributed by atoms with van der Waals surface area (Å²) in [6, 6.07) is -0.0400. The van der Waals surface area contributed by atoms with Gasteiger partial charge in [0.15, 0.2) is 0 Å². The van der Waals surface area contributed by atoms with E-state index in [2.05, 4.69) is 5.32 Å². The molecule has 0 aromatic rings. The van der Waals surface area contributed by atoms with Gasteiger partial charge in [-0.3, -0.25) is 4.79 Å². The molecular weight excluding hydrogens is 202 g/mol. The Morgan fingerprint density at radius 3 is 2.56 bits per heavy atom. The second kappa shape index (κ2) is 5.67. The van der Waals surface area contributed by atoms with Crippen molar-refractivity contribution < 1.29 is 9.53 Å². The third-order valence-electron chi connectivity index (χ3n) is 4.22. The van der Waals surface area contributed by atoms with Crippen LogP contribution in [0.25, 0.3) is 0 Å². The zero-order valence-corrected chi connectivity index (χ0v) is 10.2. The molecule has 3 nitrogen and oxygen atoms in total. The van der Waals surface area contributed by atoms with Gasteiger partial charge in [0, 0.05) is 0 Å². The van der Waals surface area contributed by atoms with Crippen LogP contribution in [0.5, 0.6) is 0 Å². The Morgan fingerprint density at radius 2 is 1.88 bits per heavy atom. The minimum atomic E-state index is -0.0599. The van der Waals surface area contributed by atoms with E-state index in [1.165, 1.54) is 52.1 Å². The molecule has 1 saturated carbocycles. The lowest BCUT2D eigenvalue weighted by Gasteiger charge is -2.38. The molecule has 0 unspecified atom stereocenters. The van der Waals surface area contributed by atoms with Crippen molar-refractivity contribution in [2.45, 2.75) is 51.0 Å². The van der Waals surface area contributed by atoms with Gasteiger partial charge in [-0.25, -0.2) is 0 Å². The maximum Gasteiger partial charge on any atom is 0.323 e. The molecule has 0 amide bonds. The summed E-state index contributed by atoms with van der Waals surface area (Å²) in [6.07, 6.45) is 9.06. The summed E-state index contributed by atoms with van der Waals surface area (Å²) in [5, 5.41) is 3.34. The highest BCUT2D eigenvalue weighted by Crippen LogP contribution is 2.35. The van der Waals surface area contributed by atoms with Crippen LogP contribution < -0.4 is 5.32 Å². The molecule has 92 valence electrons. The number of methoxy groups -OCH3 is 1. The van der Waals surface area contributed by atoms with Gasteiger partial charge >= 0.3 is 5.97 Å². The van der Waals surface area contributed by atoms with E-state index in [1.807, 2.05) is 0 Å². The Bertz CT molecular complexity index is 236. The summed E-state index contributed by atoms with van der Waals surface area (Å²) >= 11 is 0. The van der Waals surface area contributed by atoms with Crippen molar-refractivity contribution in [3.63, 3.8) is 0 Å². The van der Waals surface area contributed by atoms with Crippen LogP contribution in [-0.2, 0) is 9.53 Å². The van der Waals surface area contributed by atoms with Crippen molar-refractivity contribution >= 4 is 5.97 Å². The topological polar surface area (TPSA) is 38.3 Å². The van der Waals surface area contributed by atoms with Crippen LogP contribution in [0.4, 0.5) is 0 Å². The molecule has 2 atom stereocenters. The molecule has 16 heavy (non-hydrogen) atoms. The average Bonchev–Trinajstić information content (AvgIpc) is 2.39. The number of hydrogen-bond donors (Lipinski definition) is 1. The molecule has 2 fully saturated rings. The minimum absolute atomic E-state index is 0.0400. The van der Waals surface area contributed by atoms with Gasteiger partial charge in [-0.1, -0.05) is 32.1 Å². The van der Waals surface area contributed by atoms with Gasteiger partial charge in [-0.2, -0.15) is 0 Å². The number of hydrogen-bond acceptors (Lipinski definition) is 3. The van der Waals surface area contributed by atoms with Gasteiger partial charge in [-0.15, -0.1) is 0 Å². The van der Waals surface area contributed by atoms with E-state index in [-0.39, 0.29) is 12.0 Å². The molecule has 0 bridgehead atoms. The molecule has 2 aliphatic rings. The second-order valence-electron chi connectivity index (χ2n) is 5.16. The van der Waals surface area contributed by atoms with Gasteiger partial charge in [0.25, 0.3) is 0 Å². The first-order chi connectivity index (χ1) is 7.83. The molecule has 1 N–H and O–H groups in total. The Morgan fingerprint density at radius 1 is 1.12 bits per heavy atom. The summed E-state index contributed by atoms with van der Waals surface area (Å²) in [5.41, 5.74) is 0. The van der Waals surface area contributed by atoms with Crippen LogP contribution >= 0.6 is 0 Å². The Hall–Kier alpha value is -0.570. The lowest BCUT2D eigenvalue weighted by Crippen LogP contribution is -2.50. The van der Waals surface area contributed by atoms with Crippen LogP contribution in [0.15, 0.2) is 0 Å². The summed E-state index contributed by atoms with van der Waals surface area (Å²) in [5.74, 6) is 1.20. The highest BCUT2D eigenvalue weighted by molar-refractivity contribution is 5.76. The van der Waals surface area contributed by atoms with Gasteiger partial charge < -0.3 is 10.1 Å². The van der Waals surface area contributed by atoms with Gasteiger partial charge in [0.1, 0.15) is 6.04 Å². The fraction of sp³-hybridized carbons (Fsp3) is 0.923. The molecule has 0 radical (unpaired) electrons. The Balaban J connectivity index is 2.00. The van der Waals surface area contributed by atoms with Crippen molar-refractivity contribution in [3.8, 4) is 0 Å². The van der Waals surface area contributed by atoms with Crippen molar-refractivity contribution in [2.24, 2.45) is 11.8 Å². The first-order valence-corrected chi connectivity index (χ1v) is 6.64. The maximum absolute atomic E-state index is 11.7. The van der Waals surface area contributed by atoms with E-state index in [1.54, 1.807) is 0 Å². The molecule has 1 aliphatic heterocycles. The summed E-state index contributed by atoms with van der Waals surface area (Å²) in [4.78, 5) is 11.7. The average molecular weight is 225 g/mol. The number of nitrogens with one attached hydrogen (secondary N) is 1. The number of ether oxygens (including phenoxy) is 1. The Labute approximate surface area is 97.9 Å². The first-order valence-electron chi connectivity index (χ1n) is 6.64. The number of esters is 1. The van der Waals surface area contributed by atoms with E-state index in [0.29, 0.717) is 5.92 Å². The third kappa shape index (κ3) is 2.57. The quantitative estimate of drug-likeness (QED) is 0.731. The molecule has 2 rings (SSSR count). The first kappa shape index (κ1) is 11.9. The third-order valence-corrected chi connectivity index (χ3v) is 4.22. The second-order valence-corrected chi connectivity index (χ2v) is 5.16. The van der Waals surface area contributed by atoms with E-state index < -0.39 is 0 Å². The van der Waals surface area contributed by atoms with Crippen molar-refractivity contribution in [3.05, 3.63) is 0 Å². The van der Waals surface area contributed by atoms with E-state index in [4.69, 9.17) is 4.74 Å². The highest BCUT2D eigenvalue weighted by Gasteiger charge is 2.36. The van der Waals surface area contributed by atoms with E-state index in [0.717, 1.165) is 12.5 Å². The molecule has 1 aliphatic carbocycles. The maximum atomic E-state index is 11.7. The standard InChI is InChI=1S/C13H23NO2/c1-16-13(15)12-11(8-5-9-14-12)10-6-3-2-4-7-10/h10-12,14H,2-9H2,1H3/t11-,12-/m0/s1.